The smallest absolute Gasteiger partial charge is 0.194 e. The molecule has 0 bridgehead atoms. The summed E-state index contributed by atoms with van der Waals surface area (Å²) in [6, 6.07) is 8.55. The summed E-state index contributed by atoms with van der Waals surface area (Å²) in [6.45, 7) is 14.1. The third-order valence-corrected chi connectivity index (χ3v) is 5.94. The summed E-state index contributed by atoms with van der Waals surface area (Å²) in [5.41, 5.74) is 2.27. The number of hydrogen-bond donors (Lipinski definition) is 1. The van der Waals surface area contributed by atoms with Crippen molar-refractivity contribution in [3.05, 3.63) is 35.4 Å². The van der Waals surface area contributed by atoms with Crippen LogP contribution in [0.2, 0.25) is 0 Å². The van der Waals surface area contributed by atoms with Crippen LogP contribution in [0.25, 0.3) is 0 Å². The topological polar surface area (TPSA) is 55.3 Å². The van der Waals surface area contributed by atoms with Crippen molar-refractivity contribution in [3.8, 4) is 0 Å². The Morgan fingerprint density at radius 2 is 1.91 bits per heavy atom. The Morgan fingerprint density at radius 1 is 1.15 bits per heavy atom. The van der Waals surface area contributed by atoms with Gasteiger partial charge in [-0.15, -0.1) is 24.0 Å². The quantitative estimate of drug-likeness (QED) is 0.266. The zero-order chi connectivity index (χ0) is 22.8. The average Bonchev–Trinajstić information content (AvgIpc) is 2.80. The van der Waals surface area contributed by atoms with Crippen LogP contribution in [0.3, 0.4) is 0 Å². The van der Waals surface area contributed by atoms with Gasteiger partial charge in [0, 0.05) is 26.2 Å². The van der Waals surface area contributed by atoms with E-state index in [2.05, 4.69) is 62.2 Å². The number of piperidine rings is 1. The Labute approximate surface area is 217 Å². The van der Waals surface area contributed by atoms with Crippen molar-refractivity contribution in [1.82, 2.24) is 10.2 Å². The first-order chi connectivity index (χ1) is 15.4. The van der Waals surface area contributed by atoms with E-state index in [1.165, 1.54) is 24.0 Å². The van der Waals surface area contributed by atoms with Gasteiger partial charge in [-0.2, -0.15) is 0 Å². The van der Waals surface area contributed by atoms with Crippen molar-refractivity contribution in [1.29, 1.82) is 0 Å². The first kappa shape index (κ1) is 28.3. The minimum atomic E-state index is -0.133. The fourth-order valence-electron chi connectivity index (χ4n) is 4.13. The summed E-state index contributed by atoms with van der Waals surface area (Å²) in [5, 5.41) is 3.47. The number of rotatable bonds is 8. The van der Waals surface area contributed by atoms with Crippen LogP contribution >= 0.6 is 24.0 Å². The van der Waals surface area contributed by atoms with Crippen molar-refractivity contribution in [3.63, 3.8) is 0 Å². The first-order valence-electron chi connectivity index (χ1n) is 12.4. The van der Waals surface area contributed by atoms with Crippen LogP contribution in [0.1, 0.15) is 70.9 Å². The highest BCUT2D eigenvalue weighted by atomic mass is 127. The lowest BCUT2D eigenvalue weighted by atomic mass is 10.1. The fraction of sp³-hybridized carbons (Fsp3) is 0.731. The number of ether oxygens (including phenoxy) is 3. The molecule has 33 heavy (non-hydrogen) atoms. The lowest BCUT2D eigenvalue weighted by Crippen LogP contribution is -2.47. The molecule has 1 aromatic carbocycles. The van der Waals surface area contributed by atoms with Crippen LogP contribution < -0.4 is 5.32 Å². The maximum absolute atomic E-state index is 6.18. The number of nitrogens with zero attached hydrogens (tertiary/aromatic N) is 2. The molecule has 0 amide bonds. The van der Waals surface area contributed by atoms with E-state index < -0.39 is 0 Å². The van der Waals surface area contributed by atoms with Crippen molar-refractivity contribution in [2.45, 2.75) is 90.8 Å². The minimum Gasteiger partial charge on any atom is -0.376 e. The molecule has 0 spiro atoms. The number of aliphatic imine (C=N–C) groups is 1. The molecule has 6 nitrogen and oxygen atoms in total. The van der Waals surface area contributed by atoms with Gasteiger partial charge in [0.25, 0.3) is 0 Å². The Kier molecular flexibility index (Phi) is 12.4. The molecule has 1 atom stereocenters. The van der Waals surface area contributed by atoms with Crippen LogP contribution in [0.15, 0.2) is 29.3 Å². The maximum Gasteiger partial charge on any atom is 0.194 e. The summed E-state index contributed by atoms with van der Waals surface area (Å²) >= 11 is 0. The Bertz CT molecular complexity index is 709. The number of likely N-dealkylation sites (tertiary alicyclic amines) is 1. The lowest BCUT2D eigenvalue weighted by Gasteiger charge is -2.35. The first-order valence-corrected chi connectivity index (χ1v) is 12.4. The van der Waals surface area contributed by atoms with Gasteiger partial charge in [0.1, 0.15) is 0 Å². The van der Waals surface area contributed by atoms with Crippen LogP contribution in [-0.2, 0) is 27.4 Å². The van der Waals surface area contributed by atoms with Gasteiger partial charge in [-0.3, -0.25) is 0 Å². The van der Waals surface area contributed by atoms with Crippen molar-refractivity contribution in [2.75, 3.05) is 32.8 Å². The zero-order valence-electron chi connectivity index (χ0n) is 21.0. The van der Waals surface area contributed by atoms with E-state index in [0.717, 1.165) is 58.1 Å². The van der Waals surface area contributed by atoms with E-state index in [0.29, 0.717) is 25.4 Å². The molecule has 0 aliphatic carbocycles. The summed E-state index contributed by atoms with van der Waals surface area (Å²) in [5.74, 6) is 0.998. The number of guanidine groups is 1. The van der Waals surface area contributed by atoms with E-state index >= 15 is 0 Å². The average molecular weight is 574 g/mol. The van der Waals surface area contributed by atoms with Gasteiger partial charge in [-0.1, -0.05) is 24.3 Å². The highest BCUT2D eigenvalue weighted by Crippen LogP contribution is 2.18. The van der Waals surface area contributed by atoms with Crippen molar-refractivity contribution >= 4 is 29.9 Å². The predicted molar refractivity (Wildman–Crippen MR) is 145 cm³/mol. The molecular formula is C26H44IN3O3. The molecule has 1 N–H and O–H groups in total. The third-order valence-electron chi connectivity index (χ3n) is 5.94. The molecule has 2 heterocycles. The molecule has 0 radical (unpaired) electrons. The largest absolute Gasteiger partial charge is 0.376 e. The molecule has 2 aliphatic rings. The number of nitrogens with one attached hydrogen (secondary N) is 1. The highest BCUT2D eigenvalue weighted by Gasteiger charge is 2.23. The SMILES string of the molecule is CCNC(=NCc1cccc(COC(C)(C)C)c1)N1CCC(OCC2CCCCO2)CC1.I. The number of halogens is 1. The van der Waals surface area contributed by atoms with E-state index in [9.17, 15) is 0 Å². The number of hydrogen-bond acceptors (Lipinski definition) is 4. The molecular weight excluding hydrogens is 529 g/mol. The molecule has 2 fully saturated rings. The molecule has 188 valence electrons. The Morgan fingerprint density at radius 3 is 2.58 bits per heavy atom. The standard InChI is InChI=1S/C26H43N3O3.HI/c1-5-27-25(28-18-21-9-8-10-22(17-21)19-32-26(2,3)4)29-14-12-23(13-15-29)31-20-24-11-6-7-16-30-24;/h8-10,17,23-24H,5-7,11-16,18-20H2,1-4H3,(H,27,28);1H. The predicted octanol–water partition coefficient (Wildman–Crippen LogP) is 5.14. The Hall–Kier alpha value is -0.900. The fourth-order valence-corrected chi connectivity index (χ4v) is 4.13. The van der Waals surface area contributed by atoms with E-state index in [1.54, 1.807) is 0 Å². The summed E-state index contributed by atoms with van der Waals surface area (Å²) < 4.78 is 17.9. The second kappa shape index (κ2) is 14.5. The molecule has 2 saturated heterocycles. The van der Waals surface area contributed by atoms with Crippen LogP contribution in [0.5, 0.6) is 0 Å². The lowest BCUT2D eigenvalue weighted by molar-refractivity contribution is -0.0721. The minimum absolute atomic E-state index is 0. The van der Waals surface area contributed by atoms with Crippen molar-refractivity contribution in [2.24, 2.45) is 4.99 Å². The monoisotopic (exact) mass is 573 g/mol. The molecule has 1 aromatic rings. The molecule has 3 rings (SSSR count). The van der Waals surface area contributed by atoms with E-state index in [-0.39, 0.29) is 29.6 Å². The van der Waals surface area contributed by atoms with Gasteiger partial charge in [-0.05, 0) is 70.9 Å². The molecule has 0 aromatic heterocycles. The summed E-state index contributed by atoms with van der Waals surface area (Å²) in [6.07, 6.45) is 6.30. The van der Waals surface area contributed by atoms with Gasteiger partial charge >= 0.3 is 0 Å². The third kappa shape index (κ3) is 10.5. The molecule has 1 unspecified atom stereocenters. The summed E-state index contributed by atoms with van der Waals surface area (Å²) in [4.78, 5) is 7.30. The van der Waals surface area contributed by atoms with E-state index in [4.69, 9.17) is 19.2 Å². The zero-order valence-corrected chi connectivity index (χ0v) is 23.3. The molecule has 2 aliphatic heterocycles. The van der Waals surface area contributed by atoms with Gasteiger partial charge < -0.3 is 24.4 Å². The van der Waals surface area contributed by atoms with Crippen molar-refractivity contribution < 1.29 is 14.2 Å². The second-order valence-electron chi connectivity index (χ2n) is 9.90. The molecule has 0 saturated carbocycles. The normalized spacial score (nSPS) is 20.4. The number of benzene rings is 1. The molecule has 7 heteroatoms. The maximum atomic E-state index is 6.18. The van der Waals surface area contributed by atoms with Gasteiger partial charge in [0.15, 0.2) is 5.96 Å². The Balaban J connectivity index is 0.00000385. The van der Waals surface area contributed by atoms with Gasteiger partial charge in [0.05, 0.1) is 37.6 Å². The van der Waals surface area contributed by atoms with E-state index in [1.807, 2.05) is 0 Å². The van der Waals surface area contributed by atoms with Crippen LogP contribution in [-0.4, -0.2) is 61.5 Å². The van der Waals surface area contributed by atoms with Crippen LogP contribution in [0, 0.1) is 0 Å². The van der Waals surface area contributed by atoms with Gasteiger partial charge in [0.2, 0.25) is 0 Å². The highest BCUT2D eigenvalue weighted by molar-refractivity contribution is 14.0. The van der Waals surface area contributed by atoms with Crippen LogP contribution in [0.4, 0.5) is 0 Å². The second-order valence-corrected chi connectivity index (χ2v) is 9.90. The summed E-state index contributed by atoms with van der Waals surface area (Å²) in [7, 11) is 0. The van der Waals surface area contributed by atoms with Gasteiger partial charge in [-0.25, -0.2) is 4.99 Å².